The molecule has 4 rings (SSSR count). The SMILES string of the molecule is C=CCOc1ccc(C2CCC(COc3ccc(-c4ccc(C(C)O)cc4)c(F)c3F)CC2)c(F)c1F. The molecule has 0 radical (unpaired) electrons. The first kappa shape index (κ1) is 26.7. The van der Waals surface area contributed by atoms with E-state index in [-0.39, 0.29) is 42.1 Å². The molecule has 1 aliphatic rings. The van der Waals surface area contributed by atoms with Gasteiger partial charge in [-0.25, -0.2) is 8.78 Å². The number of aliphatic hydroxyl groups excluding tert-OH is 1. The van der Waals surface area contributed by atoms with Crippen molar-refractivity contribution in [2.75, 3.05) is 13.2 Å². The maximum Gasteiger partial charge on any atom is 0.201 e. The maximum atomic E-state index is 14.8. The van der Waals surface area contributed by atoms with Crippen LogP contribution in [-0.4, -0.2) is 18.3 Å². The lowest BCUT2D eigenvalue weighted by atomic mass is 9.79. The molecular formula is C30H30F4O3. The Morgan fingerprint density at radius 3 is 2.11 bits per heavy atom. The Kier molecular flexibility index (Phi) is 8.54. The number of benzene rings is 3. The Morgan fingerprint density at radius 1 is 0.838 bits per heavy atom. The molecule has 196 valence electrons. The Hall–Kier alpha value is -3.32. The van der Waals surface area contributed by atoms with Crippen molar-refractivity contribution in [3.8, 4) is 22.6 Å². The molecule has 1 N–H and O–H groups in total. The quantitative estimate of drug-likeness (QED) is 0.233. The molecule has 0 aromatic heterocycles. The van der Waals surface area contributed by atoms with E-state index in [0.717, 1.165) is 0 Å². The molecule has 0 amide bonds. The van der Waals surface area contributed by atoms with Gasteiger partial charge in [-0.15, -0.1) is 0 Å². The number of halogens is 4. The predicted molar refractivity (Wildman–Crippen MR) is 135 cm³/mol. The van der Waals surface area contributed by atoms with Gasteiger partial charge < -0.3 is 14.6 Å². The van der Waals surface area contributed by atoms with E-state index >= 15 is 0 Å². The van der Waals surface area contributed by atoms with Gasteiger partial charge in [0.1, 0.15) is 6.61 Å². The molecule has 3 nitrogen and oxygen atoms in total. The van der Waals surface area contributed by atoms with Gasteiger partial charge in [0, 0.05) is 5.56 Å². The van der Waals surface area contributed by atoms with E-state index in [1.54, 1.807) is 37.3 Å². The summed E-state index contributed by atoms with van der Waals surface area (Å²) in [6.45, 7) is 5.42. The number of rotatable bonds is 9. The average molecular weight is 515 g/mol. The van der Waals surface area contributed by atoms with Gasteiger partial charge in [-0.2, -0.15) is 8.78 Å². The van der Waals surface area contributed by atoms with Crippen LogP contribution in [0.15, 0.2) is 61.2 Å². The van der Waals surface area contributed by atoms with Crippen LogP contribution in [0.5, 0.6) is 11.5 Å². The summed E-state index contributed by atoms with van der Waals surface area (Å²) in [6, 6.07) is 12.5. The Bertz CT molecular complexity index is 1230. The third kappa shape index (κ3) is 5.99. The second kappa shape index (κ2) is 11.8. The second-order valence-electron chi connectivity index (χ2n) is 9.45. The molecule has 0 saturated heterocycles. The minimum atomic E-state index is -1.05. The molecule has 0 heterocycles. The van der Waals surface area contributed by atoms with Gasteiger partial charge in [0.15, 0.2) is 23.1 Å². The van der Waals surface area contributed by atoms with Crippen molar-refractivity contribution >= 4 is 0 Å². The highest BCUT2D eigenvalue weighted by atomic mass is 19.2. The monoisotopic (exact) mass is 514 g/mol. The molecule has 7 heteroatoms. The summed E-state index contributed by atoms with van der Waals surface area (Å²) in [5.74, 6) is -4.27. The molecule has 3 aromatic rings. The van der Waals surface area contributed by atoms with Crippen LogP contribution in [-0.2, 0) is 0 Å². The van der Waals surface area contributed by atoms with E-state index in [1.165, 1.54) is 24.3 Å². The average Bonchev–Trinajstić information content (AvgIpc) is 2.91. The Balaban J connectivity index is 1.35. The lowest BCUT2D eigenvalue weighted by molar-refractivity contribution is 0.191. The standard InChI is InChI=1S/C30H30F4O3/c1-3-16-36-25-14-12-23(27(31)29(25)33)21-6-4-19(5-7-21)17-37-26-15-13-24(28(32)30(26)34)22-10-8-20(9-11-22)18(2)35/h3,8-15,18-19,21,35H,1,4-7,16-17H2,2H3. The fourth-order valence-electron chi connectivity index (χ4n) is 4.78. The first-order chi connectivity index (χ1) is 17.8. The molecule has 1 atom stereocenters. The van der Waals surface area contributed by atoms with Crippen molar-refractivity contribution in [3.05, 3.63) is 95.6 Å². The minimum Gasteiger partial charge on any atom is -0.490 e. The second-order valence-corrected chi connectivity index (χ2v) is 9.45. The van der Waals surface area contributed by atoms with Gasteiger partial charge in [-0.1, -0.05) is 43.0 Å². The van der Waals surface area contributed by atoms with Crippen LogP contribution in [0.3, 0.4) is 0 Å². The minimum absolute atomic E-state index is 0.0884. The smallest absolute Gasteiger partial charge is 0.201 e. The van der Waals surface area contributed by atoms with E-state index in [2.05, 4.69) is 6.58 Å². The summed E-state index contributed by atoms with van der Waals surface area (Å²) < 4.78 is 69.3. The zero-order valence-corrected chi connectivity index (χ0v) is 20.7. The predicted octanol–water partition coefficient (Wildman–Crippen LogP) is 7.88. The Labute approximate surface area is 214 Å². The number of hydrogen-bond acceptors (Lipinski definition) is 3. The first-order valence-electron chi connectivity index (χ1n) is 12.4. The molecule has 1 aliphatic carbocycles. The van der Waals surface area contributed by atoms with Crippen LogP contribution in [0.25, 0.3) is 11.1 Å². The largest absolute Gasteiger partial charge is 0.490 e. The fourth-order valence-corrected chi connectivity index (χ4v) is 4.78. The number of aliphatic hydroxyl groups is 1. The van der Waals surface area contributed by atoms with Gasteiger partial charge in [0.05, 0.1) is 12.7 Å². The number of hydrogen-bond donors (Lipinski definition) is 1. The first-order valence-corrected chi connectivity index (χ1v) is 12.4. The topological polar surface area (TPSA) is 38.7 Å². The van der Waals surface area contributed by atoms with E-state index in [1.807, 2.05) is 0 Å². The van der Waals surface area contributed by atoms with E-state index in [0.29, 0.717) is 42.4 Å². The molecule has 0 bridgehead atoms. The van der Waals surface area contributed by atoms with Crippen molar-refractivity contribution in [1.29, 1.82) is 0 Å². The van der Waals surface area contributed by atoms with Crippen LogP contribution in [0.2, 0.25) is 0 Å². The van der Waals surface area contributed by atoms with Crippen LogP contribution in [0.4, 0.5) is 17.6 Å². The van der Waals surface area contributed by atoms with Crippen LogP contribution in [0.1, 0.15) is 55.8 Å². The van der Waals surface area contributed by atoms with Crippen molar-refractivity contribution < 1.29 is 32.1 Å². The molecular weight excluding hydrogens is 484 g/mol. The molecule has 0 spiro atoms. The highest BCUT2D eigenvalue weighted by Crippen LogP contribution is 2.39. The maximum absolute atomic E-state index is 14.8. The summed E-state index contributed by atoms with van der Waals surface area (Å²) in [4.78, 5) is 0. The van der Waals surface area contributed by atoms with Crippen LogP contribution >= 0.6 is 0 Å². The van der Waals surface area contributed by atoms with Crippen molar-refractivity contribution in [1.82, 2.24) is 0 Å². The lowest BCUT2D eigenvalue weighted by Crippen LogP contribution is -2.20. The summed E-state index contributed by atoms with van der Waals surface area (Å²) >= 11 is 0. The third-order valence-electron chi connectivity index (χ3n) is 6.95. The van der Waals surface area contributed by atoms with Gasteiger partial charge in [0.2, 0.25) is 11.6 Å². The van der Waals surface area contributed by atoms with Crippen molar-refractivity contribution in [2.45, 2.75) is 44.6 Å². The van der Waals surface area contributed by atoms with E-state index in [4.69, 9.17) is 9.47 Å². The molecule has 1 unspecified atom stereocenters. The van der Waals surface area contributed by atoms with E-state index in [9.17, 15) is 22.7 Å². The van der Waals surface area contributed by atoms with Crippen molar-refractivity contribution in [2.24, 2.45) is 5.92 Å². The Morgan fingerprint density at radius 2 is 1.46 bits per heavy atom. The molecule has 3 aromatic carbocycles. The molecule has 37 heavy (non-hydrogen) atoms. The highest BCUT2D eigenvalue weighted by Gasteiger charge is 2.27. The summed E-state index contributed by atoms with van der Waals surface area (Å²) in [5.41, 5.74) is 1.61. The highest BCUT2D eigenvalue weighted by molar-refractivity contribution is 5.65. The normalized spacial score (nSPS) is 18.3. The van der Waals surface area contributed by atoms with E-state index < -0.39 is 29.4 Å². The zero-order chi connectivity index (χ0) is 26.5. The van der Waals surface area contributed by atoms with Crippen molar-refractivity contribution in [3.63, 3.8) is 0 Å². The lowest BCUT2D eigenvalue weighted by Gasteiger charge is -2.29. The molecule has 1 fully saturated rings. The van der Waals surface area contributed by atoms with Crippen LogP contribution < -0.4 is 9.47 Å². The summed E-state index contributed by atoms with van der Waals surface area (Å²) in [7, 11) is 0. The van der Waals surface area contributed by atoms with Gasteiger partial charge in [-0.05, 0) is 79.3 Å². The zero-order valence-electron chi connectivity index (χ0n) is 20.7. The van der Waals surface area contributed by atoms with Gasteiger partial charge in [0.25, 0.3) is 0 Å². The van der Waals surface area contributed by atoms with Crippen LogP contribution in [0, 0.1) is 29.2 Å². The number of ether oxygens (including phenoxy) is 2. The fraction of sp³-hybridized carbons (Fsp3) is 0.333. The summed E-state index contributed by atoms with van der Waals surface area (Å²) in [6.07, 6.45) is 3.46. The van der Waals surface area contributed by atoms with Gasteiger partial charge >= 0.3 is 0 Å². The molecule has 0 aliphatic heterocycles. The summed E-state index contributed by atoms with van der Waals surface area (Å²) in [5, 5.41) is 9.63. The third-order valence-corrected chi connectivity index (χ3v) is 6.95. The van der Waals surface area contributed by atoms with Gasteiger partial charge in [-0.3, -0.25) is 0 Å². The molecule has 1 saturated carbocycles.